The molecule has 6 aliphatic rings. The first-order valence-electron chi connectivity index (χ1n) is 14.1. The van der Waals surface area contributed by atoms with E-state index in [1.807, 2.05) is 13.8 Å². The van der Waals surface area contributed by atoms with Gasteiger partial charge in [0.05, 0.1) is 17.8 Å². The maximum atomic E-state index is 12.9. The number of carbonyl (C=O) groups is 1. The number of hydrogen-bond donors (Lipinski definition) is 1. The molecule has 1 saturated heterocycles. The number of carbonyl (C=O) groups excluding carboxylic acids is 1. The van der Waals surface area contributed by atoms with E-state index < -0.39 is 5.60 Å². The van der Waals surface area contributed by atoms with Crippen LogP contribution in [0.15, 0.2) is 0 Å². The molecule has 6 fully saturated rings. The fourth-order valence-corrected chi connectivity index (χ4v) is 11.8. The SMILES string of the molecule is C[C@@H]1CC[C@H](C(C)(C)O)OC2C[C@@]3(C)[C@@H]4CC[C@H]5C(C)(C)C(=O)CC[C@@]56C[C@@]46CC[C@]3(C)C21. The van der Waals surface area contributed by atoms with Crippen LogP contribution in [-0.2, 0) is 9.53 Å². The fourth-order valence-electron chi connectivity index (χ4n) is 11.8. The maximum absolute atomic E-state index is 12.9. The molecule has 6 rings (SSSR count). The Hall–Kier alpha value is -0.410. The number of ketones is 1. The average molecular weight is 457 g/mol. The van der Waals surface area contributed by atoms with Gasteiger partial charge in [0.2, 0.25) is 0 Å². The molecule has 1 N–H and O–H groups in total. The van der Waals surface area contributed by atoms with Gasteiger partial charge < -0.3 is 9.84 Å². The zero-order valence-corrected chi connectivity index (χ0v) is 22.3. The minimum Gasteiger partial charge on any atom is -0.388 e. The van der Waals surface area contributed by atoms with Gasteiger partial charge in [0.25, 0.3) is 0 Å². The second kappa shape index (κ2) is 6.47. The summed E-state index contributed by atoms with van der Waals surface area (Å²) in [4.78, 5) is 12.9. The van der Waals surface area contributed by atoms with E-state index in [4.69, 9.17) is 4.74 Å². The average Bonchev–Trinajstić information content (AvgIpc) is 3.35. The highest BCUT2D eigenvalue weighted by Gasteiger charge is 2.83. The van der Waals surface area contributed by atoms with Crippen molar-refractivity contribution in [2.45, 2.75) is 130 Å². The quantitative estimate of drug-likeness (QED) is 0.486. The van der Waals surface area contributed by atoms with Gasteiger partial charge in [0, 0.05) is 11.8 Å². The molecular formula is C30H48O3. The minimum atomic E-state index is -0.774. The molecule has 3 nitrogen and oxygen atoms in total. The van der Waals surface area contributed by atoms with Crippen molar-refractivity contribution in [2.24, 2.45) is 50.7 Å². The Bertz CT molecular complexity index is 870. The lowest BCUT2D eigenvalue weighted by Crippen LogP contribution is -2.57. The molecule has 0 aromatic heterocycles. The number of fused-ring (bicyclic) bond motifs is 4. The van der Waals surface area contributed by atoms with Crippen molar-refractivity contribution in [3.05, 3.63) is 0 Å². The van der Waals surface area contributed by atoms with Crippen molar-refractivity contribution in [1.82, 2.24) is 0 Å². The van der Waals surface area contributed by atoms with Gasteiger partial charge in [-0.05, 0) is 117 Å². The molecule has 0 aromatic carbocycles. The largest absolute Gasteiger partial charge is 0.388 e. The second-order valence-electron chi connectivity index (χ2n) is 15.3. The van der Waals surface area contributed by atoms with Crippen molar-refractivity contribution in [1.29, 1.82) is 0 Å². The summed E-state index contributed by atoms with van der Waals surface area (Å²) in [5.74, 6) is 3.14. The van der Waals surface area contributed by atoms with Gasteiger partial charge in [-0.15, -0.1) is 0 Å². The Kier molecular flexibility index (Phi) is 4.51. The van der Waals surface area contributed by atoms with E-state index in [1.54, 1.807) is 0 Å². The molecule has 1 aliphatic heterocycles. The molecule has 0 aromatic rings. The molecule has 5 aliphatic carbocycles. The Morgan fingerprint density at radius 1 is 0.909 bits per heavy atom. The van der Waals surface area contributed by atoms with Crippen LogP contribution < -0.4 is 0 Å². The molecule has 2 unspecified atom stereocenters. The van der Waals surface area contributed by atoms with Crippen LogP contribution in [0.2, 0.25) is 0 Å². The summed E-state index contributed by atoms with van der Waals surface area (Å²) in [6.45, 7) is 16.1. The van der Waals surface area contributed by atoms with Gasteiger partial charge in [-0.25, -0.2) is 0 Å². The van der Waals surface area contributed by atoms with Crippen LogP contribution in [0, 0.1) is 50.7 Å². The van der Waals surface area contributed by atoms with Crippen LogP contribution in [0.25, 0.3) is 0 Å². The molecule has 33 heavy (non-hydrogen) atoms. The van der Waals surface area contributed by atoms with Crippen LogP contribution in [-0.4, -0.2) is 28.7 Å². The third-order valence-electron chi connectivity index (χ3n) is 13.5. The third kappa shape index (κ3) is 2.58. The summed E-state index contributed by atoms with van der Waals surface area (Å²) < 4.78 is 6.88. The lowest BCUT2D eigenvalue weighted by Gasteiger charge is -2.62. The van der Waals surface area contributed by atoms with Gasteiger partial charge in [-0.1, -0.05) is 34.6 Å². The molecule has 5 saturated carbocycles. The van der Waals surface area contributed by atoms with Crippen molar-refractivity contribution in [3.8, 4) is 0 Å². The van der Waals surface area contributed by atoms with Crippen LogP contribution in [0.1, 0.15) is 113 Å². The number of ether oxygens (including phenoxy) is 1. The zero-order chi connectivity index (χ0) is 23.8. The number of hydrogen-bond acceptors (Lipinski definition) is 3. The maximum Gasteiger partial charge on any atom is 0.138 e. The van der Waals surface area contributed by atoms with E-state index in [0.717, 1.165) is 25.2 Å². The first kappa shape index (κ1) is 23.0. The number of Topliss-reactive ketones (excluding diaryl/α,β-unsaturated/α-hetero) is 1. The molecule has 0 radical (unpaired) electrons. The zero-order valence-electron chi connectivity index (χ0n) is 22.3. The van der Waals surface area contributed by atoms with Gasteiger partial charge in [-0.2, -0.15) is 0 Å². The van der Waals surface area contributed by atoms with Crippen molar-refractivity contribution < 1.29 is 14.6 Å². The molecular weight excluding hydrogens is 408 g/mol. The minimum absolute atomic E-state index is 0.0515. The molecule has 1 heterocycles. The molecule has 0 bridgehead atoms. The van der Waals surface area contributed by atoms with E-state index in [0.29, 0.717) is 45.2 Å². The lowest BCUT2D eigenvalue weighted by atomic mass is 9.42. The van der Waals surface area contributed by atoms with E-state index in [2.05, 4.69) is 34.6 Å². The smallest absolute Gasteiger partial charge is 0.138 e. The van der Waals surface area contributed by atoms with Crippen LogP contribution in [0.4, 0.5) is 0 Å². The lowest BCUT2D eigenvalue weighted by molar-refractivity contribution is -0.157. The molecule has 186 valence electrons. The van der Waals surface area contributed by atoms with E-state index in [9.17, 15) is 9.90 Å². The van der Waals surface area contributed by atoms with Gasteiger partial charge in [0.15, 0.2) is 0 Å². The van der Waals surface area contributed by atoms with Crippen molar-refractivity contribution >= 4 is 5.78 Å². The van der Waals surface area contributed by atoms with Crippen molar-refractivity contribution in [2.75, 3.05) is 0 Å². The summed E-state index contributed by atoms with van der Waals surface area (Å²) in [5.41, 5.74) is 0.626. The fraction of sp³-hybridized carbons (Fsp3) is 0.967. The normalized spacial score (nSPS) is 57.2. The van der Waals surface area contributed by atoms with Crippen LogP contribution in [0.3, 0.4) is 0 Å². The standard InChI is InChI=1S/C30H48O3/c1-18-8-11-23(26(4,5)32)33-19-16-28(7)21-10-9-20-25(2,3)22(31)12-13-29(20)17-30(21,29)15-14-27(28,6)24(18)19/h18-21,23-24,32H,8-17H2,1-7H3/t18-,19?,20+,21+,23-,24?,27-,28+,29-,30+/m1/s1. The van der Waals surface area contributed by atoms with E-state index in [1.165, 1.54) is 44.9 Å². The van der Waals surface area contributed by atoms with E-state index in [-0.39, 0.29) is 17.6 Å². The predicted octanol–water partition coefficient (Wildman–Crippen LogP) is 6.56. The van der Waals surface area contributed by atoms with Crippen molar-refractivity contribution in [3.63, 3.8) is 0 Å². The summed E-state index contributed by atoms with van der Waals surface area (Å²) in [6, 6.07) is 0. The monoisotopic (exact) mass is 456 g/mol. The first-order chi connectivity index (χ1) is 15.2. The Labute approximate surface area is 201 Å². The summed E-state index contributed by atoms with van der Waals surface area (Å²) in [6.07, 6.45) is 12.1. The highest BCUT2D eigenvalue weighted by molar-refractivity contribution is 5.86. The number of rotatable bonds is 1. The Morgan fingerprint density at radius 3 is 2.27 bits per heavy atom. The molecule has 3 heteroatoms. The molecule has 10 atom stereocenters. The summed E-state index contributed by atoms with van der Waals surface area (Å²) in [7, 11) is 0. The summed E-state index contributed by atoms with van der Waals surface area (Å²) >= 11 is 0. The Balaban J connectivity index is 1.37. The van der Waals surface area contributed by atoms with Crippen LogP contribution in [0.5, 0.6) is 0 Å². The highest BCUT2D eigenvalue weighted by Crippen LogP contribution is 2.89. The molecule has 0 amide bonds. The molecule has 2 spiro atoms. The van der Waals surface area contributed by atoms with Gasteiger partial charge in [-0.3, -0.25) is 4.79 Å². The highest BCUT2D eigenvalue weighted by atomic mass is 16.5. The topological polar surface area (TPSA) is 46.5 Å². The van der Waals surface area contributed by atoms with Gasteiger partial charge in [0.1, 0.15) is 5.78 Å². The third-order valence-corrected chi connectivity index (χ3v) is 13.5. The Morgan fingerprint density at radius 2 is 1.58 bits per heavy atom. The summed E-state index contributed by atoms with van der Waals surface area (Å²) in [5, 5.41) is 10.8. The second-order valence-corrected chi connectivity index (χ2v) is 15.3. The number of aliphatic hydroxyl groups is 1. The van der Waals surface area contributed by atoms with Crippen LogP contribution >= 0.6 is 0 Å². The predicted molar refractivity (Wildman–Crippen MR) is 131 cm³/mol. The van der Waals surface area contributed by atoms with Gasteiger partial charge >= 0.3 is 0 Å². The van der Waals surface area contributed by atoms with E-state index >= 15 is 0 Å². The first-order valence-corrected chi connectivity index (χ1v) is 14.1.